The van der Waals surface area contributed by atoms with Crippen LogP contribution >= 0.6 is 0 Å². The number of halogens is 1. The number of carbonyl (C=O) groups excluding carboxylic acids is 3. The number of carbonyl (C=O) groups is 3. The van der Waals surface area contributed by atoms with Crippen LogP contribution < -0.4 is 5.32 Å². The third kappa shape index (κ3) is 4.22. The largest absolute Gasteiger partial charge is 0.325 e. The van der Waals surface area contributed by atoms with Gasteiger partial charge in [-0.25, -0.2) is 12.8 Å². The topological polar surface area (TPSA) is 104 Å². The molecule has 0 spiro atoms. The van der Waals surface area contributed by atoms with E-state index in [-0.39, 0.29) is 29.1 Å². The molecule has 3 amide bonds. The Bertz CT molecular complexity index is 1440. The zero-order valence-corrected chi connectivity index (χ0v) is 19.2. The van der Waals surface area contributed by atoms with Crippen molar-refractivity contribution in [1.29, 1.82) is 0 Å². The summed E-state index contributed by atoms with van der Waals surface area (Å²) in [7, 11) is -3.81. The first-order valence-corrected chi connectivity index (χ1v) is 12.3. The van der Waals surface area contributed by atoms with E-state index < -0.39 is 40.1 Å². The van der Waals surface area contributed by atoms with Crippen LogP contribution in [0.3, 0.4) is 0 Å². The molecule has 35 heavy (non-hydrogen) atoms. The van der Waals surface area contributed by atoms with Gasteiger partial charge in [0.05, 0.1) is 16.0 Å². The molecule has 3 aromatic carbocycles. The third-order valence-electron chi connectivity index (χ3n) is 6.10. The van der Waals surface area contributed by atoms with Gasteiger partial charge in [-0.05, 0) is 66.1 Å². The van der Waals surface area contributed by atoms with Gasteiger partial charge in [0.25, 0.3) is 11.8 Å². The highest BCUT2D eigenvalue weighted by molar-refractivity contribution is 7.89. The van der Waals surface area contributed by atoms with Gasteiger partial charge in [0.15, 0.2) is 0 Å². The van der Waals surface area contributed by atoms with Crippen molar-refractivity contribution in [2.24, 2.45) is 0 Å². The predicted molar refractivity (Wildman–Crippen MR) is 125 cm³/mol. The summed E-state index contributed by atoms with van der Waals surface area (Å²) >= 11 is 0. The summed E-state index contributed by atoms with van der Waals surface area (Å²) < 4.78 is 40.5. The molecule has 2 aliphatic heterocycles. The molecule has 0 fully saturated rings. The molecule has 0 unspecified atom stereocenters. The van der Waals surface area contributed by atoms with Crippen molar-refractivity contribution in [3.63, 3.8) is 0 Å². The molecule has 8 nitrogen and oxygen atoms in total. The van der Waals surface area contributed by atoms with Gasteiger partial charge >= 0.3 is 0 Å². The average molecular weight is 494 g/mol. The van der Waals surface area contributed by atoms with E-state index in [1.165, 1.54) is 16.4 Å². The van der Waals surface area contributed by atoms with Crippen LogP contribution in [0.1, 0.15) is 31.8 Å². The van der Waals surface area contributed by atoms with E-state index in [0.29, 0.717) is 12.1 Å². The van der Waals surface area contributed by atoms with Crippen LogP contribution in [-0.4, -0.2) is 48.4 Å². The zero-order chi connectivity index (χ0) is 24.7. The molecule has 0 bridgehead atoms. The van der Waals surface area contributed by atoms with Crippen molar-refractivity contribution in [2.45, 2.75) is 17.9 Å². The van der Waals surface area contributed by atoms with Crippen LogP contribution in [0.2, 0.25) is 0 Å². The monoisotopic (exact) mass is 493 g/mol. The Kier molecular flexibility index (Phi) is 5.70. The molecule has 0 aromatic heterocycles. The number of nitrogens with one attached hydrogen (secondary N) is 1. The van der Waals surface area contributed by atoms with Gasteiger partial charge in [-0.15, -0.1) is 0 Å². The Morgan fingerprint density at radius 1 is 0.914 bits per heavy atom. The van der Waals surface area contributed by atoms with Crippen molar-refractivity contribution in [3.8, 4) is 0 Å². The molecule has 0 atom stereocenters. The smallest absolute Gasteiger partial charge is 0.262 e. The lowest BCUT2D eigenvalue weighted by atomic mass is 10.0. The molecule has 2 heterocycles. The number of rotatable bonds is 5. The van der Waals surface area contributed by atoms with Gasteiger partial charge in [-0.2, -0.15) is 4.31 Å². The van der Waals surface area contributed by atoms with Gasteiger partial charge in [0, 0.05) is 18.8 Å². The molecule has 0 aliphatic carbocycles. The molecule has 1 N–H and O–H groups in total. The molecular weight excluding hydrogens is 473 g/mol. The van der Waals surface area contributed by atoms with E-state index in [2.05, 4.69) is 5.32 Å². The standard InChI is InChI=1S/C25H20FN3O5S/c26-18-6-9-20(10-7-18)35(33,34)28-12-11-16-5-8-19(13-17(16)14-28)27-23(30)15-29-24(31)21-3-1-2-4-22(21)25(29)32/h1-10,13H,11-12,14-15H2,(H,27,30). The fourth-order valence-electron chi connectivity index (χ4n) is 4.30. The number of nitrogens with zero attached hydrogens (tertiary/aromatic N) is 2. The summed E-state index contributed by atoms with van der Waals surface area (Å²) in [5.41, 5.74) is 2.63. The van der Waals surface area contributed by atoms with Crippen molar-refractivity contribution in [2.75, 3.05) is 18.4 Å². The van der Waals surface area contributed by atoms with E-state index in [4.69, 9.17) is 0 Å². The second kappa shape index (κ2) is 8.71. The van der Waals surface area contributed by atoms with Crippen LogP contribution in [0.15, 0.2) is 71.6 Å². The zero-order valence-electron chi connectivity index (χ0n) is 18.4. The van der Waals surface area contributed by atoms with E-state index in [1.54, 1.807) is 36.4 Å². The molecule has 0 radical (unpaired) electrons. The molecule has 2 aliphatic rings. The van der Waals surface area contributed by atoms with Crippen LogP contribution in [0.4, 0.5) is 10.1 Å². The molecule has 3 aromatic rings. The number of hydrogen-bond donors (Lipinski definition) is 1. The van der Waals surface area contributed by atoms with Crippen molar-refractivity contribution >= 4 is 33.4 Å². The maximum absolute atomic E-state index is 13.2. The number of fused-ring (bicyclic) bond motifs is 2. The minimum atomic E-state index is -3.81. The lowest BCUT2D eigenvalue weighted by molar-refractivity contribution is -0.116. The Balaban J connectivity index is 1.29. The maximum Gasteiger partial charge on any atom is 0.262 e. The second-order valence-corrected chi connectivity index (χ2v) is 10.3. The highest BCUT2D eigenvalue weighted by Crippen LogP contribution is 2.28. The molecule has 10 heteroatoms. The van der Waals surface area contributed by atoms with E-state index in [1.807, 2.05) is 6.07 Å². The SMILES string of the molecule is O=C(CN1C(=O)c2ccccc2C1=O)Nc1ccc2c(c1)CN(S(=O)(=O)c1ccc(F)cc1)CC2. The average Bonchev–Trinajstić information content (AvgIpc) is 3.09. The summed E-state index contributed by atoms with van der Waals surface area (Å²) in [5.74, 6) is -2.11. The van der Waals surface area contributed by atoms with Crippen LogP contribution in [0.5, 0.6) is 0 Å². The number of imide groups is 1. The Hall–Kier alpha value is -3.89. The summed E-state index contributed by atoms with van der Waals surface area (Å²) in [4.78, 5) is 38.5. The highest BCUT2D eigenvalue weighted by atomic mass is 32.2. The first-order valence-electron chi connectivity index (χ1n) is 10.9. The Morgan fingerprint density at radius 2 is 1.57 bits per heavy atom. The van der Waals surface area contributed by atoms with E-state index in [9.17, 15) is 27.2 Å². The Labute approximate surface area is 201 Å². The van der Waals surface area contributed by atoms with Gasteiger partial charge < -0.3 is 5.32 Å². The van der Waals surface area contributed by atoms with Gasteiger partial charge in [0.1, 0.15) is 12.4 Å². The first kappa shape index (κ1) is 22.9. The summed E-state index contributed by atoms with van der Waals surface area (Å²) in [6.45, 7) is -0.0657. The van der Waals surface area contributed by atoms with Crippen molar-refractivity contribution in [3.05, 3.63) is 94.8 Å². The fraction of sp³-hybridized carbons (Fsp3) is 0.160. The van der Waals surface area contributed by atoms with Crippen LogP contribution in [-0.2, 0) is 27.8 Å². The van der Waals surface area contributed by atoms with E-state index in [0.717, 1.165) is 28.2 Å². The van der Waals surface area contributed by atoms with Crippen LogP contribution in [0.25, 0.3) is 0 Å². The fourth-order valence-corrected chi connectivity index (χ4v) is 5.72. The molecule has 0 saturated heterocycles. The third-order valence-corrected chi connectivity index (χ3v) is 7.96. The second-order valence-electron chi connectivity index (χ2n) is 8.32. The number of hydrogen-bond acceptors (Lipinski definition) is 5. The van der Waals surface area contributed by atoms with Crippen molar-refractivity contribution in [1.82, 2.24) is 9.21 Å². The summed E-state index contributed by atoms with van der Waals surface area (Å²) in [5, 5.41) is 2.68. The molecule has 5 rings (SSSR count). The lowest BCUT2D eigenvalue weighted by Crippen LogP contribution is -2.37. The molecule has 0 saturated carbocycles. The van der Waals surface area contributed by atoms with Gasteiger partial charge in [0.2, 0.25) is 15.9 Å². The number of sulfonamides is 1. The predicted octanol–water partition coefficient (Wildman–Crippen LogP) is 2.81. The van der Waals surface area contributed by atoms with Crippen LogP contribution in [0, 0.1) is 5.82 Å². The summed E-state index contributed by atoms with van der Waals surface area (Å²) in [6, 6.07) is 16.3. The van der Waals surface area contributed by atoms with Gasteiger partial charge in [-0.3, -0.25) is 19.3 Å². The minimum Gasteiger partial charge on any atom is -0.325 e. The first-order chi connectivity index (χ1) is 16.7. The number of anilines is 1. The quantitative estimate of drug-likeness (QED) is 0.551. The van der Waals surface area contributed by atoms with Crippen molar-refractivity contribution < 1.29 is 27.2 Å². The number of benzene rings is 3. The maximum atomic E-state index is 13.2. The van der Waals surface area contributed by atoms with E-state index >= 15 is 0 Å². The number of amides is 3. The summed E-state index contributed by atoms with van der Waals surface area (Å²) in [6.07, 6.45) is 0.485. The van der Waals surface area contributed by atoms with Gasteiger partial charge in [-0.1, -0.05) is 18.2 Å². The highest BCUT2D eigenvalue weighted by Gasteiger charge is 2.36. The Morgan fingerprint density at radius 3 is 2.23 bits per heavy atom. The lowest BCUT2D eigenvalue weighted by Gasteiger charge is -2.28. The minimum absolute atomic E-state index is 0.00718. The molecule has 178 valence electrons. The normalized spacial score (nSPS) is 15.6. The molecular formula is C25H20FN3O5S.